The van der Waals surface area contributed by atoms with E-state index in [1.54, 1.807) is 0 Å². The van der Waals surface area contributed by atoms with E-state index >= 15 is 0 Å². The summed E-state index contributed by atoms with van der Waals surface area (Å²) in [6, 6.07) is 8.26. The number of para-hydroxylation sites is 2. The van der Waals surface area contributed by atoms with E-state index in [2.05, 4.69) is 40.7 Å². The summed E-state index contributed by atoms with van der Waals surface area (Å²) in [6.45, 7) is 6.43. The Morgan fingerprint density at radius 1 is 1.32 bits per heavy atom. The van der Waals surface area contributed by atoms with Gasteiger partial charge in [0.05, 0.1) is 24.6 Å². The Bertz CT molecular complexity index is 419. The Morgan fingerprint density at radius 3 is 2.79 bits per heavy atom. The number of rotatable bonds is 4. The number of hydrogen-bond acceptors (Lipinski definition) is 3. The largest absolute Gasteiger partial charge is 0.378 e. The topological polar surface area (TPSA) is 36.5 Å². The molecule has 0 aliphatic carbocycles. The molecule has 0 saturated carbocycles. The minimum Gasteiger partial charge on any atom is -0.378 e. The predicted molar refractivity (Wildman–Crippen MR) is 84.0 cm³/mol. The lowest BCUT2D eigenvalue weighted by molar-refractivity contribution is 0.123. The SMILES string of the molecule is CCCNC(=S)Nc1ccccc1N1CCOCC1. The number of morpholine rings is 1. The van der Waals surface area contributed by atoms with Crippen LogP contribution in [0.5, 0.6) is 0 Å². The first-order chi connectivity index (χ1) is 9.31. The molecule has 1 aliphatic rings. The van der Waals surface area contributed by atoms with Crippen molar-refractivity contribution in [3.05, 3.63) is 24.3 Å². The van der Waals surface area contributed by atoms with E-state index in [1.165, 1.54) is 5.69 Å². The highest BCUT2D eigenvalue weighted by Gasteiger charge is 2.14. The lowest BCUT2D eigenvalue weighted by atomic mass is 10.2. The maximum atomic E-state index is 5.40. The van der Waals surface area contributed by atoms with Gasteiger partial charge in [0, 0.05) is 19.6 Å². The van der Waals surface area contributed by atoms with Gasteiger partial charge in [0.25, 0.3) is 0 Å². The van der Waals surface area contributed by atoms with Gasteiger partial charge in [0.2, 0.25) is 0 Å². The van der Waals surface area contributed by atoms with Crippen molar-refractivity contribution in [3.63, 3.8) is 0 Å². The van der Waals surface area contributed by atoms with Crippen molar-refractivity contribution in [2.75, 3.05) is 43.1 Å². The molecular formula is C14H21N3OS. The van der Waals surface area contributed by atoms with Crippen LogP contribution in [0.2, 0.25) is 0 Å². The number of thiocarbonyl (C=S) groups is 1. The van der Waals surface area contributed by atoms with Crippen LogP contribution in [0.15, 0.2) is 24.3 Å². The summed E-state index contributed by atoms with van der Waals surface area (Å²) in [7, 11) is 0. The zero-order valence-corrected chi connectivity index (χ0v) is 12.1. The first-order valence-corrected chi connectivity index (χ1v) is 7.18. The van der Waals surface area contributed by atoms with Gasteiger partial charge in [-0.2, -0.15) is 0 Å². The van der Waals surface area contributed by atoms with Crippen LogP contribution in [0.25, 0.3) is 0 Å². The van der Waals surface area contributed by atoms with Crippen molar-refractivity contribution >= 4 is 28.7 Å². The van der Waals surface area contributed by atoms with Crippen molar-refractivity contribution in [3.8, 4) is 0 Å². The lowest BCUT2D eigenvalue weighted by Gasteiger charge is -2.30. The van der Waals surface area contributed by atoms with Gasteiger partial charge in [-0.25, -0.2) is 0 Å². The van der Waals surface area contributed by atoms with Crippen molar-refractivity contribution < 1.29 is 4.74 Å². The van der Waals surface area contributed by atoms with Crippen LogP contribution in [-0.2, 0) is 4.74 Å². The van der Waals surface area contributed by atoms with Crippen LogP contribution in [0.4, 0.5) is 11.4 Å². The molecule has 19 heavy (non-hydrogen) atoms. The molecule has 1 aromatic carbocycles. The quantitative estimate of drug-likeness (QED) is 0.827. The smallest absolute Gasteiger partial charge is 0.170 e. The molecule has 5 heteroatoms. The van der Waals surface area contributed by atoms with Crippen LogP contribution in [-0.4, -0.2) is 38.0 Å². The first-order valence-electron chi connectivity index (χ1n) is 6.78. The molecule has 104 valence electrons. The molecule has 0 unspecified atom stereocenters. The molecule has 1 fully saturated rings. The third-order valence-electron chi connectivity index (χ3n) is 3.04. The van der Waals surface area contributed by atoms with Crippen molar-refractivity contribution in [1.82, 2.24) is 5.32 Å². The minimum atomic E-state index is 0.683. The highest BCUT2D eigenvalue weighted by molar-refractivity contribution is 7.80. The van der Waals surface area contributed by atoms with E-state index in [9.17, 15) is 0 Å². The fourth-order valence-electron chi connectivity index (χ4n) is 2.06. The van der Waals surface area contributed by atoms with Gasteiger partial charge >= 0.3 is 0 Å². The molecule has 0 radical (unpaired) electrons. The zero-order valence-electron chi connectivity index (χ0n) is 11.3. The zero-order chi connectivity index (χ0) is 13.5. The van der Waals surface area contributed by atoms with Gasteiger partial charge in [-0.05, 0) is 30.8 Å². The fourth-order valence-corrected chi connectivity index (χ4v) is 2.28. The molecule has 0 amide bonds. The summed E-state index contributed by atoms with van der Waals surface area (Å²) >= 11 is 5.30. The van der Waals surface area contributed by atoms with Crippen molar-refractivity contribution in [2.24, 2.45) is 0 Å². The second-order valence-corrected chi connectivity index (χ2v) is 4.91. The van der Waals surface area contributed by atoms with Gasteiger partial charge in [0.15, 0.2) is 5.11 Å². The van der Waals surface area contributed by atoms with E-state index in [1.807, 2.05) is 6.07 Å². The minimum absolute atomic E-state index is 0.683. The fraction of sp³-hybridized carbons (Fsp3) is 0.500. The molecule has 2 rings (SSSR count). The molecule has 0 aromatic heterocycles. The first kappa shape index (κ1) is 14.1. The maximum absolute atomic E-state index is 5.40. The molecule has 1 saturated heterocycles. The van der Waals surface area contributed by atoms with Crippen LogP contribution < -0.4 is 15.5 Å². The Hall–Kier alpha value is -1.33. The van der Waals surface area contributed by atoms with Crippen LogP contribution in [0, 0.1) is 0 Å². The Morgan fingerprint density at radius 2 is 2.05 bits per heavy atom. The summed E-state index contributed by atoms with van der Waals surface area (Å²) < 4.78 is 5.40. The average molecular weight is 279 g/mol. The van der Waals surface area contributed by atoms with Gasteiger partial charge in [-0.15, -0.1) is 0 Å². The maximum Gasteiger partial charge on any atom is 0.170 e. The van der Waals surface area contributed by atoms with Crippen molar-refractivity contribution in [1.29, 1.82) is 0 Å². The van der Waals surface area contributed by atoms with E-state index in [-0.39, 0.29) is 0 Å². The van der Waals surface area contributed by atoms with Crippen molar-refractivity contribution in [2.45, 2.75) is 13.3 Å². The second kappa shape index (κ2) is 7.31. The van der Waals surface area contributed by atoms with E-state index in [0.717, 1.165) is 45.0 Å². The molecule has 0 atom stereocenters. The number of anilines is 2. The summed E-state index contributed by atoms with van der Waals surface area (Å²) in [4.78, 5) is 2.33. The second-order valence-electron chi connectivity index (χ2n) is 4.50. The third kappa shape index (κ3) is 4.08. The molecular weight excluding hydrogens is 258 g/mol. The highest BCUT2D eigenvalue weighted by Crippen LogP contribution is 2.26. The van der Waals surface area contributed by atoms with E-state index in [4.69, 9.17) is 17.0 Å². The number of benzene rings is 1. The summed E-state index contributed by atoms with van der Waals surface area (Å²) in [5.41, 5.74) is 2.24. The summed E-state index contributed by atoms with van der Waals surface area (Å²) in [5, 5.41) is 7.15. The third-order valence-corrected chi connectivity index (χ3v) is 3.29. The number of hydrogen-bond donors (Lipinski definition) is 2. The predicted octanol–water partition coefficient (Wildman–Crippen LogP) is 2.22. The standard InChI is InChI=1S/C14H21N3OS/c1-2-7-15-14(19)16-12-5-3-4-6-13(12)17-8-10-18-11-9-17/h3-6H,2,7-11H2,1H3,(H2,15,16,19). The summed E-state index contributed by atoms with van der Waals surface area (Å²) in [6.07, 6.45) is 1.06. The van der Waals surface area contributed by atoms with Crippen LogP contribution in [0.3, 0.4) is 0 Å². The van der Waals surface area contributed by atoms with Crippen LogP contribution in [0.1, 0.15) is 13.3 Å². The van der Waals surface area contributed by atoms with Gasteiger partial charge < -0.3 is 20.3 Å². The highest BCUT2D eigenvalue weighted by atomic mass is 32.1. The Labute approximate surface area is 120 Å². The molecule has 2 N–H and O–H groups in total. The monoisotopic (exact) mass is 279 g/mol. The Balaban J connectivity index is 2.05. The molecule has 4 nitrogen and oxygen atoms in total. The molecule has 1 aromatic rings. The Kier molecular flexibility index (Phi) is 5.42. The van der Waals surface area contributed by atoms with Gasteiger partial charge in [0.1, 0.15) is 0 Å². The molecule has 1 heterocycles. The summed E-state index contributed by atoms with van der Waals surface area (Å²) in [5.74, 6) is 0. The number of nitrogens with zero attached hydrogens (tertiary/aromatic N) is 1. The van der Waals surface area contributed by atoms with Gasteiger partial charge in [-0.3, -0.25) is 0 Å². The lowest BCUT2D eigenvalue weighted by Crippen LogP contribution is -2.37. The van der Waals surface area contributed by atoms with Crippen LogP contribution >= 0.6 is 12.2 Å². The molecule has 1 aliphatic heterocycles. The normalized spacial score (nSPS) is 15.1. The molecule has 0 spiro atoms. The average Bonchev–Trinajstić information content (AvgIpc) is 2.46. The van der Waals surface area contributed by atoms with E-state index in [0.29, 0.717) is 5.11 Å². The van der Waals surface area contributed by atoms with Gasteiger partial charge in [-0.1, -0.05) is 19.1 Å². The number of ether oxygens (including phenoxy) is 1. The number of nitrogens with one attached hydrogen (secondary N) is 2. The molecule has 0 bridgehead atoms. The van der Waals surface area contributed by atoms with E-state index < -0.39 is 0 Å².